The number of hydrogen-bond donors (Lipinski definition) is 1. The SMILES string of the molecule is C=C(NC(=NC)c1ccc(F)cn1)c1ccc(F)cc1. The molecule has 20 heavy (non-hydrogen) atoms. The molecule has 0 aliphatic heterocycles. The van der Waals surface area contributed by atoms with Crippen LogP contribution < -0.4 is 5.32 Å². The van der Waals surface area contributed by atoms with E-state index in [4.69, 9.17) is 0 Å². The monoisotopic (exact) mass is 273 g/mol. The molecule has 0 saturated carbocycles. The van der Waals surface area contributed by atoms with E-state index >= 15 is 0 Å². The summed E-state index contributed by atoms with van der Waals surface area (Å²) in [6.45, 7) is 3.87. The zero-order valence-electron chi connectivity index (χ0n) is 10.9. The van der Waals surface area contributed by atoms with Gasteiger partial charge in [-0.3, -0.25) is 4.99 Å². The third-order valence-corrected chi connectivity index (χ3v) is 2.66. The minimum Gasteiger partial charge on any atom is -0.339 e. The first-order valence-corrected chi connectivity index (χ1v) is 5.90. The number of halogens is 2. The van der Waals surface area contributed by atoms with Gasteiger partial charge in [0.25, 0.3) is 0 Å². The van der Waals surface area contributed by atoms with Crippen LogP contribution in [0, 0.1) is 11.6 Å². The molecule has 0 fully saturated rings. The summed E-state index contributed by atoms with van der Waals surface area (Å²) in [5.41, 5.74) is 1.78. The van der Waals surface area contributed by atoms with Crippen LogP contribution >= 0.6 is 0 Å². The lowest BCUT2D eigenvalue weighted by atomic mass is 10.1. The molecule has 0 amide bonds. The summed E-state index contributed by atoms with van der Waals surface area (Å²) in [4.78, 5) is 8.00. The van der Waals surface area contributed by atoms with E-state index < -0.39 is 5.82 Å². The molecule has 0 aliphatic carbocycles. The first-order valence-electron chi connectivity index (χ1n) is 5.90. The number of aliphatic imine (C=N–C) groups is 1. The summed E-state index contributed by atoms with van der Waals surface area (Å²) in [5.74, 6) is -0.271. The van der Waals surface area contributed by atoms with E-state index in [9.17, 15) is 8.78 Å². The zero-order valence-corrected chi connectivity index (χ0v) is 10.9. The molecule has 5 heteroatoms. The van der Waals surface area contributed by atoms with Crippen molar-refractivity contribution in [1.82, 2.24) is 10.3 Å². The third-order valence-electron chi connectivity index (χ3n) is 2.66. The largest absolute Gasteiger partial charge is 0.339 e. The van der Waals surface area contributed by atoms with Crippen LogP contribution in [-0.2, 0) is 0 Å². The standard InChI is InChI=1S/C15H13F2N3/c1-10(11-3-5-12(16)6-4-11)20-15(18-2)14-8-7-13(17)9-19-14/h3-9H,1H2,2H3,(H,18,20). The number of amidine groups is 1. The highest BCUT2D eigenvalue weighted by atomic mass is 19.1. The molecule has 1 aromatic heterocycles. The van der Waals surface area contributed by atoms with Crippen molar-refractivity contribution in [2.45, 2.75) is 0 Å². The average Bonchev–Trinajstić information content (AvgIpc) is 2.46. The fourth-order valence-corrected chi connectivity index (χ4v) is 1.62. The van der Waals surface area contributed by atoms with Crippen molar-refractivity contribution < 1.29 is 8.78 Å². The molecule has 102 valence electrons. The van der Waals surface area contributed by atoms with Crippen molar-refractivity contribution in [1.29, 1.82) is 0 Å². The van der Waals surface area contributed by atoms with Gasteiger partial charge in [-0.15, -0.1) is 0 Å². The van der Waals surface area contributed by atoms with Crippen LogP contribution in [0.15, 0.2) is 54.2 Å². The normalized spacial score (nSPS) is 11.2. The van der Waals surface area contributed by atoms with Crippen LogP contribution in [-0.4, -0.2) is 17.9 Å². The Kier molecular flexibility index (Phi) is 4.20. The van der Waals surface area contributed by atoms with Crippen molar-refractivity contribution in [2.75, 3.05) is 7.05 Å². The van der Waals surface area contributed by atoms with Gasteiger partial charge < -0.3 is 5.32 Å². The Bertz CT molecular complexity index is 631. The first kappa shape index (κ1) is 13.9. The zero-order chi connectivity index (χ0) is 14.5. The molecule has 0 spiro atoms. The summed E-state index contributed by atoms with van der Waals surface area (Å²) in [5, 5.41) is 2.99. The second-order valence-electron chi connectivity index (χ2n) is 4.04. The molecule has 0 saturated heterocycles. The van der Waals surface area contributed by atoms with E-state index in [2.05, 4.69) is 21.9 Å². The van der Waals surface area contributed by atoms with Crippen molar-refractivity contribution in [3.8, 4) is 0 Å². The molecule has 2 aromatic rings. The maximum absolute atomic E-state index is 12.9. The smallest absolute Gasteiger partial charge is 0.151 e. The molecule has 1 N–H and O–H groups in total. The highest BCUT2D eigenvalue weighted by Gasteiger charge is 2.07. The van der Waals surface area contributed by atoms with Crippen LogP contribution in [0.2, 0.25) is 0 Å². The van der Waals surface area contributed by atoms with Crippen LogP contribution in [0.3, 0.4) is 0 Å². The second-order valence-corrected chi connectivity index (χ2v) is 4.04. The Balaban J connectivity index is 2.16. The summed E-state index contributed by atoms with van der Waals surface area (Å²) in [7, 11) is 1.59. The summed E-state index contributed by atoms with van der Waals surface area (Å²) in [6.07, 6.45) is 1.11. The summed E-state index contributed by atoms with van der Waals surface area (Å²) < 4.78 is 25.7. The molecule has 0 atom stereocenters. The van der Waals surface area contributed by atoms with Crippen LogP contribution in [0.5, 0.6) is 0 Å². The molecule has 0 aliphatic rings. The molecule has 0 bridgehead atoms. The third kappa shape index (κ3) is 3.26. The summed E-state index contributed by atoms with van der Waals surface area (Å²) >= 11 is 0. The van der Waals surface area contributed by atoms with Crippen molar-refractivity contribution in [3.63, 3.8) is 0 Å². The van der Waals surface area contributed by atoms with Gasteiger partial charge >= 0.3 is 0 Å². The van der Waals surface area contributed by atoms with Gasteiger partial charge in [0.1, 0.15) is 17.3 Å². The van der Waals surface area contributed by atoms with Crippen molar-refractivity contribution in [2.24, 2.45) is 4.99 Å². The van der Waals surface area contributed by atoms with Gasteiger partial charge in [0.2, 0.25) is 0 Å². The van der Waals surface area contributed by atoms with Gasteiger partial charge in [-0.1, -0.05) is 18.7 Å². The highest BCUT2D eigenvalue weighted by molar-refractivity contribution is 6.01. The van der Waals surface area contributed by atoms with Gasteiger partial charge in [-0.05, 0) is 29.8 Å². The van der Waals surface area contributed by atoms with E-state index in [0.29, 0.717) is 17.2 Å². The molecular weight excluding hydrogens is 260 g/mol. The number of hydrogen-bond acceptors (Lipinski definition) is 2. The topological polar surface area (TPSA) is 37.3 Å². The van der Waals surface area contributed by atoms with Crippen LogP contribution in [0.1, 0.15) is 11.3 Å². The fraction of sp³-hybridized carbons (Fsp3) is 0.0667. The van der Waals surface area contributed by atoms with Crippen molar-refractivity contribution in [3.05, 3.63) is 72.1 Å². The Morgan fingerprint density at radius 3 is 2.30 bits per heavy atom. The number of nitrogens with one attached hydrogen (secondary N) is 1. The molecule has 0 unspecified atom stereocenters. The lowest BCUT2D eigenvalue weighted by Gasteiger charge is -2.11. The predicted octanol–water partition coefficient (Wildman–Crippen LogP) is 3.00. The van der Waals surface area contributed by atoms with Crippen LogP contribution in [0.25, 0.3) is 5.70 Å². The fourth-order valence-electron chi connectivity index (χ4n) is 1.62. The van der Waals surface area contributed by atoms with E-state index in [0.717, 1.165) is 11.8 Å². The first-order chi connectivity index (χ1) is 9.60. The van der Waals surface area contributed by atoms with Gasteiger partial charge in [0.05, 0.1) is 6.20 Å². The van der Waals surface area contributed by atoms with E-state index in [-0.39, 0.29) is 5.82 Å². The Morgan fingerprint density at radius 2 is 1.75 bits per heavy atom. The molecule has 3 nitrogen and oxygen atoms in total. The number of aromatic nitrogens is 1. The predicted molar refractivity (Wildman–Crippen MR) is 75.2 cm³/mol. The molecule has 2 rings (SSSR count). The lowest BCUT2D eigenvalue weighted by Crippen LogP contribution is -2.23. The van der Waals surface area contributed by atoms with E-state index in [1.165, 1.54) is 24.3 Å². The Morgan fingerprint density at radius 1 is 1.10 bits per heavy atom. The Hall–Kier alpha value is -2.56. The second kappa shape index (κ2) is 6.06. The number of benzene rings is 1. The molecule has 1 aromatic carbocycles. The maximum atomic E-state index is 12.9. The minimum atomic E-state index is -0.415. The van der Waals surface area contributed by atoms with E-state index in [1.807, 2.05) is 0 Å². The van der Waals surface area contributed by atoms with Gasteiger partial charge in [0, 0.05) is 12.7 Å². The van der Waals surface area contributed by atoms with Crippen molar-refractivity contribution >= 4 is 11.5 Å². The van der Waals surface area contributed by atoms with E-state index in [1.54, 1.807) is 19.2 Å². The number of nitrogens with zero attached hydrogens (tertiary/aromatic N) is 2. The number of pyridine rings is 1. The molecule has 0 radical (unpaired) electrons. The number of rotatable bonds is 3. The minimum absolute atomic E-state index is 0.314. The van der Waals surface area contributed by atoms with Gasteiger partial charge in [-0.2, -0.15) is 0 Å². The van der Waals surface area contributed by atoms with Crippen LogP contribution in [0.4, 0.5) is 8.78 Å². The lowest BCUT2D eigenvalue weighted by molar-refractivity contribution is 0.621. The van der Waals surface area contributed by atoms with Gasteiger partial charge in [-0.25, -0.2) is 13.8 Å². The summed E-state index contributed by atoms with van der Waals surface area (Å²) in [6, 6.07) is 8.73. The Labute approximate surface area is 115 Å². The quantitative estimate of drug-likeness (QED) is 0.689. The average molecular weight is 273 g/mol. The molecule has 1 heterocycles. The molecular formula is C15H13F2N3. The highest BCUT2D eigenvalue weighted by Crippen LogP contribution is 2.11. The van der Waals surface area contributed by atoms with Gasteiger partial charge in [0.15, 0.2) is 5.84 Å². The maximum Gasteiger partial charge on any atom is 0.151 e.